The van der Waals surface area contributed by atoms with E-state index in [2.05, 4.69) is 15.6 Å². The number of rotatable bonds is 4. The van der Waals surface area contributed by atoms with Crippen molar-refractivity contribution in [3.63, 3.8) is 0 Å². The van der Waals surface area contributed by atoms with Gasteiger partial charge in [0, 0.05) is 5.02 Å². The van der Waals surface area contributed by atoms with Crippen molar-refractivity contribution in [2.75, 3.05) is 0 Å². The van der Waals surface area contributed by atoms with Crippen molar-refractivity contribution in [3.05, 3.63) is 64.1 Å². The molecule has 2 amide bonds. The van der Waals surface area contributed by atoms with Crippen LogP contribution in [0.5, 0.6) is 0 Å². The molecule has 0 spiro atoms. The summed E-state index contributed by atoms with van der Waals surface area (Å²) in [6, 6.07) is 15.1. The average molecular weight is 346 g/mol. The number of nitrogens with zero attached hydrogens (tertiary/aromatic N) is 1. The molecule has 1 aromatic heterocycles. The summed E-state index contributed by atoms with van der Waals surface area (Å²) in [5.41, 5.74) is 1.97. The Morgan fingerprint density at radius 3 is 2.70 bits per heavy atom. The Labute approximate surface area is 143 Å². The Kier molecular flexibility index (Phi) is 4.79. The first kappa shape index (κ1) is 15.8. The fourth-order valence-electron chi connectivity index (χ4n) is 2.23. The largest absolute Gasteiger partial charge is 0.332 e. The van der Waals surface area contributed by atoms with Gasteiger partial charge in [0.15, 0.2) is 0 Å². The molecule has 1 atom stereocenters. The first-order valence-electron chi connectivity index (χ1n) is 7.26. The van der Waals surface area contributed by atoms with E-state index in [1.165, 1.54) is 0 Å². The van der Waals surface area contributed by atoms with Gasteiger partial charge in [-0.2, -0.15) is 0 Å². The molecule has 2 N–H and O–H groups in total. The minimum atomic E-state index is -0.216. The van der Waals surface area contributed by atoms with E-state index in [1.54, 1.807) is 11.3 Å². The summed E-state index contributed by atoms with van der Waals surface area (Å²) in [7, 11) is 0. The quantitative estimate of drug-likeness (QED) is 0.731. The third-order valence-electron chi connectivity index (χ3n) is 3.46. The lowest BCUT2D eigenvalue weighted by Gasteiger charge is -2.14. The van der Waals surface area contributed by atoms with E-state index in [4.69, 9.17) is 11.6 Å². The van der Waals surface area contributed by atoms with Crippen LogP contribution in [0, 0.1) is 0 Å². The molecule has 0 fully saturated rings. The molecule has 0 saturated carbocycles. The van der Waals surface area contributed by atoms with E-state index in [0.717, 1.165) is 20.8 Å². The predicted molar refractivity (Wildman–Crippen MR) is 94.9 cm³/mol. The number of para-hydroxylation sites is 1. The smallest absolute Gasteiger partial charge is 0.315 e. The monoisotopic (exact) mass is 345 g/mol. The third-order valence-corrected chi connectivity index (χ3v) is 4.74. The first-order chi connectivity index (χ1) is 11.1. The van der Waals surface area contributed by atoms with Crippen molar-refractivity contribution in [2.45, 2.75) is 19.5 Å². The number of aromatic nitrogens is 1. The lowest BCUT2D eigenvalue weighted by Crippen LogP contribution is -2.36. The average Bonchev–Trinajstić information content (AvgIpc) is 2.96. The summed E-state index contributed by atoms with van der Waals surface area (Å²) in [5.74, 6) is 0. The van der Waals surface area contributed by atoms with Gasteiger partial charge in [-0.25, -0.2) is 9.78 Å². The van der Waals surface area contributed by atoms with Crippen LogP contribution in [0.4, 0.5) is 4.79 Å². The Morgan fingerprint density at radius 2 is 1.96 bits per heavy atom. The van der Waals surface area contributed by atoms with Crippen molar-refractivity contribution in [2.24, 2.45) is 0 Å². The van der Waals surface area contributed by atoms with Crippen molar-refractivity contribution in [3.8, 4) is 0 Å². The van der Waals surface area contributed by atoms with Crippen LogP contribution in [0.25, 0.3) is 10.2 Å². The molecule has 23 heavy (non-hydrogen) atoms. The van der Waals surface area contributed by atoms with Crippen LogP contribution >= 0.6 is 22.9 Å². The zero-order valence-electron chi connectivity index (χ0n) is 12.5. The number of benzene rings is 2. The lowest BCUT2D eigenvalue weighted by atomic mass is 10.1. The van der Waals surface area contributed by atoms with Gasteiger partial charge in [-0.05, 0) is 36.8 Å². The molecule has 0 bridgehead atoms. The zero-order valence-corrected chi connectivity index (χ0v) is 14.1. The van der Waals surface area contributed by atoms with Gasteiger partial charge in [-0.3, -0.25) is 0 Å². The molecule has 3 rings (SSSR count). The molecule has 0 aliphatic rings. The summed E-state index contributed by atoms with van der Waals surface area (Å²) in [6.45, 7) is 2.35. The number of nitrogens with one attached hydrogen (secondary N) is 2. The first-order valence-corrected chi connectivity index (χ1v) is 8.45. The molecule has 0 radical (unpaired) electrons. The number of carbonyl (C=O) groups excluding carboxylic acids is 1. The second kappa shape index (κ2) is 6.98. The minimum Gasteiger partial charge on any atom is -0.332 e. The summed E-state index contributed by atoms with van der Waals surface area (Å²) >= 11 is 7.46. The number of amides is 2. The highest BCUT2D eigenvalue weighted by Gasteiger charge is 2.10. The van der Waals surface area contributed by atoms with Crippen LogP contribution in [0.2, 0.25) is 5.02 Å². The van der Waals surface area contributed by atoms with E-state index < -0.39 is 0 Å². The standard InChI is InChI=1S/C17H16ClN3OS/c1-11(12-6-8-13(18)9-7-12)20-17(22)19-10-16-21-14-4-2-3-5-15(14)23-16/h2-9,11H,10H2,1H3,(H2,19,20,22). The lowest BCUT2D eigenvalue weighted by molar-refractivity contribution is 0.237. The fourth-order valence-corrected chi connectivity index (χ4v) is 3.27. The van der Waals surface area contributed by atoms with Crippen LogP contribution in [0.1, 0.15) is 23.5 Å². The number of hydrogen-bond acceptors (Lipinski definition) is 3. The molecule has 1 unspecified atom stereocenters. The maximum atomic E-state index is 12.0. The molecule has 0 aliphatic heterocycles. The summed E-state index contributed by atoms with van der Waals surface area (Å²) in [5, 5.41) is 7.32. The number of fused-ring (bicyclic) bond motifs is 1. The summed E-state index contributed by atoms with van der Waals surface area (Å²) in [6.07, 6.45) is 0. The third kappa shape index (κ3) is 4.00. The van der Waals surface area contributed by atoms with Gasteiger partial charge >= 0.3 is 6.03 Å². The van der Waals surface area contributed by atoms with Crippen molar-refractivity contribution >= 4 is 39.2 Å². The van der Waals surface area contributed by atoms with E-state index in [-0.39, 0.29) is 12.1 Å². The molecule has 1 heterocycles. The van der Waals surface area contributed by atoms with Gasteiger partial charge in [0.25, 0.3) is 0 Å². The van der Waals surface area contributed by atoms with Gasteiger partial charge in [0.05, 0.1) is 22.8 Å². The van der Waals surface area contributed by atoms with Crippen LogP contribution in [-0.4, -0.2) is 11.0 Å². The SMILES string of the molecule is CC(NC(=O)NCc1nc2ccccc2s1)c1ccc(Cl)cc1. The number of halogens is 1. The summed E-state index contributed by atoms with van der Waals surface area (Å²) < 4.78 is 1.12. The molecule has 3 aromatic rings. The Bertz CT molecular complexity index is 783. The predicted octanol–water partition coefficient (Wildman–Crippen LogP) is 4.51. The fraction of sp³-hybridized carbons (Fsp3) is 0.176. The van der Waals surface area contributed by atoms with Crippen molar-refractivity contribution in [1.29, 1.82) is 0 Å². The van der Waals surface area contributed by atoms with Gasteiger partial charge in [0.1, 0.15) is 5.01 Å². The molecule has 6 heteroatoms. The normalized spacial score (nSPS) is 12.1. The molecule has 0 aliphatic carbocycles. The topological polar surface area (TPSA) is 54.0 Å². The highest BCUT2D eigenvalue weighted by molar-refractivity contribution is 7.18. The van der Waals surface area contributed by atoms with Gasteiger partial charge in [0.2, 0.25) is 0 Å². The van der Waals surface area contributed by atoms with Crippen molar-refractivity contribution in [1.82, 2.24) is 15.6 Å². The number of hydrogen-bond donors (Lipinski definition) is 2. The maximum absolute atomic E-state index is 12.0. The second-order valence-corrected chi connectivity index (χ2v) is 6.73. The maximum Gasteiger partial charge on any atom is 0.315 e. The van der Waals surface area contributed by atoms with Crippen molar-refractivity contribution < 1.29 is 4.79 Å². The number of carbonyl (C=O) groups is 1. The molecular formula is C17H16ClN3OS. The van der Waals surface area contributed by atoms with Gasteiger partial charge in [-0.15, -0.1) is 11.3 Å². The molecule has 2 aromatic carbocycles. The minimum absolute atomic E-state index is 0.0948. The van der Waals surface area contributed by atoms with E-state index in [0.29, 0.717) is 11.6 Å². The molecule has 118 valence electrons. The van der Waals surface area contributed by atoms with Gasteiger partial charge < -0.3 is 10.6 Å². The van der Waals surface area contributed by atoms with E-state index in [1.807, 2.05) is 55.5 Å². The molecule has 4 nitrogen and oxygen atoms in total. The van der Waals surface area contributed by atoms with Crippen LogP contribution in [0.3, 0.4) is 0 Å². The van der Waals surface area contributed by atoms with Crippen LogP contribution < -0.4 is 10.6 Å². The second-order valence-electron chi connectivity index (χ2n) is 5.18. The van der Waals surface area contributed by atoms with E-state index >= 15 is 0 Å². The number of thiazole rings is 1. The van der Waals surface area contributed by atoms with Crippen LogP contribution in [0.15, 0.2) is 48.5 Å². The highest BCUT2D eigenvalue weighted by Crippen LogP contribution is 2.21. The van der Waals surface area contributed by atoms with Gasteiger partial charge in [-0.1, -0.05) is 35.9 Å². The Morgan fingerprint density at radius 1 is 1.22 bits per heavy atom. The summed E-state index contributed by atoms with van der Waals surface area (Å²) in [4.78, 5) is 16.5. The highest BCUT2D eigenvalue weighted by atomic mass is 35.5. The zero-order chi connectivity index (χ0) is 16.2. The van der Waals surface area contributed by atoms with Crippen LogP contribution in [-0.2, 0) is 6.54 Å². The molecular weight excluding hydrogens is 330 g/mol. The van der Waals surface area contributed by atoms with E-state index in [9.17, 15) is 4.79 Å². The number of urea groups is 1. The Hall–Kier alpha value is -2.11. The molecule has 0 saturated heterocycles. The Balaban J connectivity index is 1.55.